The van der Waals surface area contributed by atoms with Crippen molar-refractivity contribution in [3.8, 4) is 0 Å². The Morgan fingerprint density at radius 3 is 1.62 bits per heavy atom. The van der Waals surface area contributed by atoms with Crippen LogP contribution in [0.1, 0.15) is 39.5 Å². The molecule has 0 saturated carbocycles. The molecule has 0 aromatic carbocycles. The number of hydrogen-bond donors (Lipinski definition) is 0. The zero-order valence-electron chi connectivity index (χ0n) is 9.48. The van der Waals surface area contributed by atoms with E-state index in [2.05, 4.69) is 51.9 Å². The van der Waals surface area contributed by atoms with E-state index in [9.17, 15) is 0 Å². The predicted octanol–water partition coefficient (Wildman–Crippen LogP) is 4.22. The summed E-state index contributed by atoms with van der Waals surface area (Å²) in [6.45, 7) is 7.13. The van der Waals surface area contributed by atoms with Gasteiger partial charge in [-0.3, -0.25) is 4.31 Å². The van der Waals surface area contributed by atoms with Gasteiger partial charge in [-0.2, -0.15) is 0 Å². The first-order chi connectivity index (χ1) is 6.02. The summed E-state index contributed by atoms with van der Waals surface area (Å²) in [6, 6.07) is 0. The van der Waals surface area contributed by atoms with Crippen molar-refractivity contribution >= 4 is 28.6 Å². The molecule has 0 aromatic rings. The molecule has 0 radical (unpaired) electrons. The molecule has 0 fully saturated rings. The Morgan fingerprint density at radius 1 is 1.00 bits per heavy atom. The van der Waals surface area contributed by atoms with Gasteiger partial charge in [-0.1, -0.05) is 26.7 Å². The van der Waals surface area contributed by atoms with E-state index >= 15 is 0 Å². The maximum atomic E-state index is 2.68. The molecule has 0 aliphatic heterocycles. The fourth-order valence-corrected chi connectivity index (χ4v) is 3.52. The van der Waals surface area contributed by atoms with Crippen LogP contribution in [0.15, 0.2) is 0 Å². The van der Waals surface area contributed by atoms with Gasteiger partial charge in [0.25, 0.3) is 0 Å². The average Bonchev–Trinajstić information content (AvgIpc) is 2.02. The van der Waals surface area contributed by atoms with Gasteiger partial charge in [0.15, 0.2) is 0 Å². The predicted molar refractivity (Wildman–Crippen MR) is 74.8 cm³/mol. The number of nitrogens with zero attached hydrogens (tertiary/aromatic N) is 1. The van der Waals surface area contributed by atoms with Gasteiger partial charge in [0.2, 0.25) is 0 Å². The Hall–Kier alpha value is 1.04. The molecule has 0 saturated heterocycles. The molecule has 3 heteroatoms. The van der Waals surface area contributed by atoms with Crippen LogP contribution in [-0.4, -0.2) is 29.9 Å². The first-order valence-corrected chi connectivity index (χ1v) is 10.1. The molecule has 0 N–H and O–H groups in total. The highest BCUT2D eigenvalue weighted by atomic mass is 127. The van der Waals surface area contributed by atoms with Crippen LogP contribution in [0.3, 0.4) is 0 Å². The monoisotopic (exact) mass is 317 g/mol. The third-order valence-corrected chi connectivity index (χ3v) is 5.40. The van der Waals surface area contributed by atoms with Crippen molar-refractivity contribution in [2.45, 2.75) is 39.5 Å². The Bertz CT molecular complexity index is 115. The molecule has 82 valence electrons. The summed E-state index contributed by atoms with van der Waals surface area (Å²) in [5.74, 6) is 0. The summed E-state index contributed by atoms with van der Waals surface area (Å²) < 4.78 is 2.68. The summed E-state index contributed by atoms with van der Waals surface area (Å²) in [5, 5.41) is 0. The minimum absolute atomic E-state index is 0.506. The van der Waals surface area contributed by atoms with E-state index < -0.39 is 7.39 Å². The van der Waals surface area contributed by atoms with Crippen LogP contribution in [0.25, 0.3) is 0 Å². The molecule has 0 aliphatic carbocycles. The number of rotatable bonds is 7. The van der Waals surface area contributed by atoms with E-state index in [-0.39, 0.29) is 0 Å². The van der Waals surface area contributed by atoms with Crippen LogP contribution < -0.4 is 0 Å². The van der Waals surface area contributed by atoms with Crippen molar-refractivity contribution < 1.29 is 0 Å². The SMILES string of the molecule is CCCCN(CCCC)S(C)(C)I. The molecule has 0 spiro atoms. The van der Waals surface area contributed by atoms with Crippen molar-refractivity contribution in [2.75, 3.05) is 25.6 Å². The second-order valence-electron chi connectivity index (χ2n) is 3.79. The van der Waals surface area contributed by atoms with Crippen molar-refractivity contribution in [3.05, 3.63) is 0 Å². The molecule has 0 heterocycles. The lowest BCUT2D eigenvalue weighted by molar-refractivity contribution is 0.440. The lowest BCUT2D eigenvalue weighted by atomic mass is 10.3. The van der Waals surface area contributed by atoms with Crippen LogP contribution in [-0.2, 0) is 0 Å². The smallest absolute Gasteiger partial charge is 0.00809 e. The minimum atomic E-state index is -0.506. The molecule has 13 heavy (non-hydrogen) atoms. The van der Waals surface area contributed by atoms with Crippen LogP contribution >= 0.6 is 28.6 Å². The van der Waals surface area contributed by atoms with Crippen LogP contribution in [0.5, 0.6) is 0 Å². The molecule has 0 amide bonds. The van der Waals surface area contributed by atoms with Gasteiger partial charge < -0.3 is 0 Å². The van der Waals surface area contributed by atoms with Crippen molar-refractivity contribution in [3.63, 3.8) is 0 Å². The average molecular weight is 317 g/mol. The summed E-state index contributed by atoms with van der Waals surface area (Å²) in [7, 11) is -0.506. The van der Waals surface area contributed by atoms with Crippen LogP contribution in [0.2, 0.25) is 0 Å². The van der Waals surface area contributed by atoms with E-state index in [1.165, 1.54) is 38.8 Å². The van der Waals surface area contributed by atoms with E-state index in [1.807, 2.05) is 0 Å². The highest BCUT2D eigenvalue weighted by Crippen LogP contribution is 2.52. The Morgan fingerprint density at radius 2 is 1.38 bits per heavy atom. The molecular weight excluding hydrogens is 293 g/mol. The zero-order chi connectivity index (χ0) is 10.3. The van der Waals surface area contributed by atoms with Gasteiger partial charge in [0.05, 0.1) is 0 Å². The third kappa shape index (κ3) is 7.03. The van der Waals surface area contributed by atoms with Gasteiger partial charge in [0.1, 0.15) is 0 Å². The fourth-order valence-electron chi connectivity index (χ4n) is 1.21. The molecule has 0 aromatic heterocycles. The van der Waals surface area contributed by atoms with Gasteiger partial charge in [-0.15, -0.1) is 7.39 Å². The quantitative estimate of drug-likeness (QED) is 0.636. The second-order valence-corrected chi connectivity index (χ2v) is 13.1. The largest absolute Gasteiger partial charge is 0.260 e. The lowest BCUT2D eigenvalue weighted by Crippen LogP contribution is -2.25. The minimum Gasteiger partial charge on any atom is -0.260 e. The van der Waals surface area contributed by atoms with Crippen molar-refractivity contribution in [1.29, 1.82) is 0 Å². The standard InChI is InChI=1S/C10H24INS/c1-5-7-9-12(10-8-6-2)13(3,4)11/h5-10H2,1-4H3. The Balaban J connectivity index is 3.88. The molecule has 0 atom stereocenters. The number of hydrogen-bond acceptors (Lipinski definition) is 1. The first kappa shape index (κ1) is 14.0. The highest BCUT2D eigenvalue weighted by molar-refractivity contribution is 14.2. The normalized spacial score (nSPS) is 13.7. The van der Waals surface area contributed by atoms with E-state index in [1.54, 1.807) is 0 Å². The summed E-state index contributed by atoms with van der Waals surface area (Å²) in [5.41, 5.74) is 0. The highest BCUT2D eigenvalue weighted by Gasteiger charge is 2.16. The maximum Gasteiger partial charge on any atom is 0.00809 e. The van der Waals surface area contributed by atoms with Crippen LogP contribution in [0.4, 0.5) is 0 Å². The Kier molecular flexibility index (Phi) is 7.93. The molecular formula is C10H24INS. The molecule has 0 unspecified atom stereocenters. The third-order valence-electron chi connectivity index (χ3n) is 2.14. The molecule has 0 rings (SSSR count). The van der Waals surface area contributed by atoms with Gasteiger partial charge in [0, 0.05) is 13.1 Å². The zero-order valence-corrected chi connectivity index (χ0v) is 12.5. The summed E-state index contributed by atoms with van der Waals surface area (Å²) in [4.78, 5) is 0. The summed E-state index contributed by atoms with van der Waals surface area (Å²) >= 11 is 2.63. The van der Waals surface area contributed by atoms with Crippen molar-refractivity contribution in [1.82, 2.24) is 4.31 Å². The van der Waals surface area contributed by atoms with E-state index in [4.69, 9.17) is 0 Å². The fraction of sp³-hybridized carbons (Fsp3) is 1.00. The number of halogens is 1. The molecule has 0 bridgehead atoms. The topological polar surface area (TPSA) is 3.24 Å². The lowest BCUT2D eigenvalue weighted by Gasteiger charge is -2.38. The van der Waals surface area contributed by atoms with Gasteiger partial charge in [-0.25, -0.2) is 0 Å². The van der Waals surface area contributed by atoms with Crippen LogP contribution in [0, 0.1) is 0 Å². The Labute approximate surface area is 97.7 Å². The van der Waals surface area contributed by atoms with Crippen molar-refractivity contribution in [2.24, 2.45) is 0 Å². The van der Waals surface area contributed by atoms with E-state index in [0.717, 1.165) is 0 Å². The molecule has 1 nitrogen and oxygen atoms in total. The molecule has 0 aliphatic rings. The van der Waals surface area contributed by atoms with Gasteiger partial charge in [-0.05, 0) is 46.6 Å². The maximum absolute atomic E-state index is 2.68. The first-order valence-electron chi connectivity index (χ1n) is 5.20. The number of unbranched alkanes of at least 4 members (excludes halogenated alkanes) is 2. The van der Waals surface area contributed by atoms with E-state index in [0.29, 0.717) is 0 Å². The van der Waals surface area contributed by atoms with Gasteiger partial charge >= 0.3 is 0 Å². The second kappa shape index (κ2) is 7.35. The summed E-state index contributed by atoms with van der Waals surface area (Å²) in [6.07, 6.45) is 10.1.